The summed E-state index contributed by atoms with van der Waals surface area (Å²) in [5.74, 6) is 0.0395. The zero-order chi connectivity index (χ0) is 11.9. The van der Waals surface area contributed by atoms with Crippen molar-refractivity contribution >= 4 is 5.91 Å². The normalized spacial score (nSPS) is 21.8. The van der Waals surface area contributed by atoms with Gasteiger partial charge in [0.25, 0.3) is 5.91 Å². The number of ether oxygens (including phenoxy) is 1. The lowest BCUT2D eigenvalue weighted by Gasteiger charge is -2.35. The van der Waals surface area contributed by atoms with Gasteiger partial charge in [-0.3, -0.25) is 4.79 Å². The second kappa shape index (κ2) is 3.80. The maximum absolute atomic E-state index is 12.5. The standard InChI is InChI=1S/C11H16N4O2/c1-2-15-9(7-12-13-15)10(16)14-5-6-17-8-11(14)3-4-11/h7H,2-6,8H2,1H3. The van der Waals surface area contributed by atoms with Crippen LogP contribution in [-0.2, 0) is 11.3 Å². The largest absolute Gasteiger partial charge is 0.377 e. The van der Waals surface area contributed by atoms with Crippen molar-refractivity contribution in [2.75, 3.05) is 19.8 Å². The molecule has 0 N–H and O–H groups in total. The van der Waals surface area contributed by atoms with Crippen molar-refractivity contribution in [1.82, 2.24) is 19.9 Å². The Morgan fingerprint density at radius 3 is 3.12 bits per heavy atom. The van der Waals surface area contributed by atoms with Crippen LogP contribution >= 0.6 is 0 Å². The van der Waals surface area contributed by atoms with Gasteiger partial charge in [0.15, 0.2) is 0 Å². The van der Waals surface area contributed by atoms with Gasteiger partial charge < -0.3 is 9.64 Å². The minimum atomic E-state index is -0.0296. The Morgan fingerprint density at radius 2 is 2.41 bits per heavy atom. The monoisotopic (exact) mass is 236 g/mol. The van der Waals surface area contributed by atoms with Crippen molar-refractivity contribution in [3.05, 3.63) is 11.9 Å². The molecule has 1 amide bonds. The number of amides is 1. The topological polar surface area (TPSA) is 60.2 Å². The van der Waals surface area contributed by atoms with Gasteiger partial charge in [-0.05, 0) is 19.8 Å². The van der Waals surface area contributed by atoms with E-state index >= 15 is 0 Å². The van der Waals surface area contributed by atoms with Gasteiger partial charge in [0, 0.05) is 13.1 Å². The molecule has 0 aromatic carbocycles. The zero-order valence-electron chi connectivity index (χ0n) is 9.93. The number of aromatic nitrogens is 3. The number of morpholine rings is 1. The van der Waals surface area contributed by atoms with E-state index in [1.807, 2.05) is 11.8 Å². The van der Waals surface area contributed by atoms with Gasteiger partial charge in [-0.25, -0.2) is 4.68 Å². The van der Waals surface area contributed by atoms with Gasteiger partial charge in [0.2, 0.25) is 0 Å². The number of hydrogen-bond acceptors (Lipinski definition) is 4. The molecule has 0 unspecified atom stereocenters. The average molecular weight is 236 g/mol. The Balaban J connectivity index is 1.86. The van der Waals surface area contributed by atoms with Gasteiger partial charge in [-0.15, -0.1) is 5.10 Å². The Morgan fingerprint density at radius 1 is 1.59 bits per heavy atom. The van der Waals surface area contributed by atoms with E-state index in [1.54, 1.807) is 10.9 Å². The van der Waals surface area contributed by atoms with Crippen LogP contribution in [0.15, 0.2) is 6.20 Å². The van der Waals surface area contributed by atoms with Crippen molar-refractivity contribution in [1.29, 1.82) is 0 Å². The number of carbonyl (C=O) groups excluding carboxylic acids is 1. The van der Waals surface area contributed by atoms with Crippen molar-refractivity contribution in [2.24, 2.45) is 0 Å². The van der Waals surface area contributed by atoms with Gasteiger partial charge in [-0.1, -0.05) is 5.21 Å². The van der Waals surface area contributed by atoms with Crippen LogP contribution in [0.4, 0.5) is 0 Å². The van der Waals surface area contributed by atoms with Gasteiger partial charge in [0.05, 0.1) is 24.9 Å². The fourth-order valence-corrected chi connectivity index (χ4v) is 2.40. The summed E-state index contributed by atoms with van der Waals surface area (Å²) in [7, 11) is 0. The molecule has 1 saturated heterocycles. The molecule has 0 bridgehead atoms. The Hall–Kier alpha value is -1.43. The SMILES string of the molecule is CCn1nncc1C(=O)N1CCOCC12CC2. The number of hydrogen-bond donors (Lipinski definition) is 0. The van der Waals surface area contributed by atoms with E-state index < -0.39 is 0 Å². The highest BCUT2D eigenvalue weighted by atomic mass is 16.5. The summed E-state index contributed by atoms with van der Waals surface area (Å²) >= 11 is 0. The van der Waals surface area contributed by atoms with Gasteiger partial charge in [-0.2, -0.15) is 0 Å². The second-order valence-electron chi connectivity index (χ2n) is 4.67. The molecule has 1 saturated carbocycles. The van der Waals surface area contributed by atoms with E-state index in [9.17, 15) is 4.79 Å². The highest BCUT2D eigenvalue weighted by molar-refractivity contribution is 5.93. The molecule has 6 nitrogen and oxygen atoms in total. The average Bonchev–Trinajstić information content (AvgIpc) is 2.96. The van der Waals surface area contributed by atoms with Gasteiger partial charge in [0.1, 0.15) is 5.69 Å². The van der Waals surface area contributed by atoms with Crippen LogP contribution < -0.4 is 0 Å². The minimum Gasteiger partial charge on any atom is -0.377 e. The third-order valence-electron chi connectivity index (χ3n) is 3.61. The summed E-state index contributed by atoms with van der Waals surface area (Å²) in [5.41, 5.74) is 0.554. The minimum absolute atomic E-state index is 0.0296. The maximum atomic E-state index is 12.5. The third-order valence-corrected chi connectivity index (χ3v) is 3.61. The molecule has 2 fully saturated rings. The highest BCUT2D eigenvalue weighted by Crippen LogP contribution is 2.44. The fraction of sp³-hybridized carbons (Fsp3) is 0.727. The predicted octanol–water partition coefficient (Wildman–Crippen LogP) is 0.303. The first-order valence-corrected chi connectivity index (χ1v) is 6.05. The van der Waals surface area contributed by atoms with Crippen molar-refractivity contribution in [2.45, 2.75) is 31.8 Å². The Kier molecular flexibility index (Phi) is 2.39. The summed E-state index contributed by atoms with van der Waals surface area (Å²) in [4.78, 5) is 14.4. The first-order chi connectivity index (χ1) is 8.27. The number of rotatable bonds is 2. The van der Waals surface area contributed by atoms with E-state index in [0.717, 1.165) is 12.8 Å². The summed E-state index contributed by atoms with van der Waals surface area (Å²) in [6.45, 7) is 4.59. The quantitative estimate of drug-likeness (QED) is 0.741. The molecule has 1 aromatic rings. The molecule has 2 aliphatic rings. The number of aryl methyl sites for hydroxylation is 1. The van der Waals surface area contributed by atoms with Crippen LogP contribution in [0.25, 0.3) is 0 Å². The molecule has 0 radical (unpaired) electrons. The van der Waals surface area contributed by atoms with E-state index in [2.05, 4.69) is 10.3 Å². The maximum Gasteiger partial charge on any atom is 0.274 e. The Bertz CT molecular complexity index is 438. The van der Waals surface area contributed by atoms with Crippen LogP contribution in [0, 0.1) is 0 Å². The van der Waals surface area contributed by atoms with Crippen LogP contribution in [0.5, 0.6) is 0 Å². The molecular weight excluding hydrogens is 220 g/mol. The molecule has 1 aliphatic heterocycles. The molecule has 3 rings (SSSR count). The van der Waals surface area contributed by atoms with E-state index in [1.165, 1.54) is 0 Å². The highest BCUT2D eigenvalue weighted by Gasteiger charge is 2.52. The lowest BCUT2D eigenvalue weighted by Crippen LogP contribution is -2.51. The first kappa shape index (κ1) is 10.7. The molecule has 6 heteroatoms. The van der Waals surface area contributed by atoms with Crippen molar-refractivity contribution in [3.63, 3.8) is 0 Å². The molecule has 2 heterocycles. The summed E-state index contributed by atoms with van der Waals surface area (Å²) in [6.07, 6.45) is 3.65. The zero-order valence-corrected chi connectivity index (χ0v) is 9.93. The second-order valence-corrected chi connectivity index (χ2v) is 4.67. The smallest absolute Gasteiger partial charge is 0.274 e. The lowest BCUT2D eigenvalue weighted by molar-refractivity contribution is -0.0123. The summed E-state index contributed by atoms with van der Waals surface area (Å²) < 4.78 is 7.12. The number of nitrogens with zero attached hydrogens (tertiary/aromatic N) is 4. The number of carbonyl (C=O) groups is 1. The van der Waals surface area contributed by atoms with Crippen molar-refractivity contribution in [3.8, 4) is 0 Å². The van der Waals surface area contributed by atoms with Crippen LogP contribution in [0.3, 0.4) is 0 Å². The first-order valence-electron chi connectivity index (χ1n) is 6.05. The van der Waals surface area contributed by atoms with Crippen LogP contribution in [0.1, 0.15) is 30.3 Å². The van der Waals surface area contributed by atoms with Crippen molar-refractivity contribution < 1.29 is 9.53 Å². The molecular formula is C11H16N4O2. The summed E-state index contributed by atoms with van der Waals surface area (Å²) in [6, 6.07) is 0. The van der Waals surface area contributed by atoms with E-state index in [0.29, 0.717) is 32.0 Å². The lowest BCUT2D eigenvalue weighted by atomic mass is 10.2. The summed E-state index contributed by atoms with van der Waals surface area (Å²) in [5, 5.41) is 7.72. The van der Waals surface area contributed by atoms with E-state index in [4.69, 9.17) is 4.74 Å². The third kappa shape index (κ3) is 1.63. The predicted molar refractivity (Wildman–Crippen MR) is 59.5 cm³/mol. The molecule has 92 valence electrons. The molecule has 1 aliphatic carbocycles. The molecule has 1 spiro atoms. The van der Waals surface area contributed by atoms with E-state index in [-0.39, 0.29) is 11.4 Å². The Labute approximate surface area is 99.5 Å². The molecule has 1 aromatic heterocycles. The van der Waals surface area contributed by atoms with Crippen LogP contribution in [0.2, 0.25) is 0 Å². The molecule has 17 heavy (non-hydrogen) atoms. The van der Waals surface area contributed by atoms with Crippen LogP contribution in [-0.4, -0.2) is 51.1 Å². The molecule has 0 atom stereocenters. The fourth-order valence-electron chi connectivity index (χ4n) is 2.40. The van der Waals surface area contributed by atoms with Gasteiger partial charge >= 0.3 is 0 Å².